The van der Waals surface area contributed by atoms with Crippen molar-refractivity contribution < 1.29 is 14.3 Å². The van der Waals surface area contributed by atoms with Gasteiger partial charge < -0.3 is 19.3 Å². The number of carbonyl (C=O) groups is 1. The summed E-state index contributed by atoms with van der Waals surface area (Å²) in [4.78, 5) is 17.3. The maximum Gasteiger partial charge on any atom is 0.410 e. The summed E-state index contributed by atoms with van der Waals surface area (Å²) in [5, 5.41) is 14.2. The molecule has 6 rings (SSSR count). The molecule has 0 aliphatic carbocycles. The smallest absolute Gasteiger partial charge is 0.410 e. The van der Waals surface area contributed by atoms with Gasteiger partial charge in [-0.1, -0.05) is 12.1 Å². The van der Waals surface area contributed by atoms with Gasteiger partial charge in [0.2, 0.25) is 0 Å². The van der Waals surface area contributed by atoms with Crippen LogP contribution in [0.1, 0.15) is 46.5 Å². The number of H-pyrrole nitrogens is 1. The quantitative estimate of drug-likeness (QED) is 0.572. The number of hydrogen-bond donors (Lipinski definition) is 1. The van der Waals surface area contributed by atoms with Gasteiger partial charge in [0.25, 0.3) is 0 Å². The number of rotatable bonds is 2. The molecule has 34 heavy (non-hydrogen) atoms. The number of hydrogen-bond acceptors (Lipinski definition) is 7. The molecule has 2 fully saturated rings. The van der Waals surface area contributed by atoms with E-state index in [4.69, 9.17) is 9.47 Å². The van der Waals surface area contributed by atoms with Gasteiger partial charge in [-0.2, -0.15) is 0 Å². The van der Waals surface area contributed by atoms with Crippen molar-refractivity contribution in [2.24, 2.45) is 0 Å². The Morgan fingerprint density at radius 2 is 1.76 bits per heavy atom. The van der Waals surface area contributed by atoms with Crippen LogP contribution >= 0.6 is 0 Å². The number of piperidine rings is 1. The molecule has 1 amide bonds. The van der Waals surface area contributed by atoms with Crippen LogP contribution in [0.2, 0.25) is 0 Å². The molecule has 0 saturated carbocycles. The zero-order valence-electron chi connectivity index (χ0n) is 19.6. The third-order valence-electron chi connectivity index (χ3n) is 6.86. The number of tetrazole rings is 1. The zero-order chi connectivity index (χ0) is 23.4. The second-order valence-corrected chi connectivity index (χ2v) is 10.3. The molecule has 9 nitrogen and oxygen atoms in total. The first kappa shape index (κ1) is 20.9. The fourth-order valence-corrected chi connectivity index (χ4v) is 5.58. The molecule has 2 unspecified atom stereocenters. The average molecular weight is 461 g/mol. The first-order valence-electron chi connectivity index (χ1n) is 11.8. The normalized spacial score (nSPS) is 23.2. The number of fused-ring (bicyclic) bond motifs is 4. The monoisotopic (exact) mass is 460 g/mol. The Morgan fingerprint density at radius 3 is 2.47 bits per heavy atom. The first-order valence-corrected chi connectivity index (χ1v) is 11.8. The molecule has 2 atom stereocenters. The standard InChI is InChI=1S/C25H28N6O3/c1-25(2,3)34-24(32)30-16-9-10-17(30)14-18(13-16)31-19-6-4-5-7-21(19)33-22-12-15(8-11-20(22)31)23-26-28-29-27-23/h4-8,11-12,16-18H,9-10,13-14H2,1-3H3,(H,26,27,28,29). The molecule has 3 aliphatic heterocycles. The Labute approximate surface area is 198 Å². The van der Waals surface area contributed by atoms with Crippen molar-refractivity contribution in [2.45, 2.75) is 70.2 Å². The summed E-state index contributed by atoms with van der Waals surface area (Å²) >= 11 is 0. The summed E-state index contributed by atoms with van der Waals surface area (Å²) in [7, 11) is 0. The highest BCUT2D eigenvalue weighted by Gasteiger charge is 2.47. The lowest BCUT2D eigenvalue weighted by Gasteiger charge is -2.45. The number of benzene rings is 2. The van der Waals surface area contributed by atoms with Crippen molar-refractivity contribution in [2.75, 3.05) is 4.90 Å². The zero-order valence-corrected chi connectivity index (χ0v) is 19.6. The van der Waals surface area contributed by atoms with Crippen molar-refractivity contribution in [1.82, 2.24) is 25.5 Å². The van der Waals surface area contributed by atoms with E-state index in [1.807, 2.05) is 56.0 Å². The van der Waals surface area contributed by atoms with E-state index < -0.39 is 5.60 Å². The second kappa shape index (κ2) is 7.72. The van der Waals surface area contributed by atoms with Gasteiger partial charge in [0.1, 0.15) is 5.60 Å². The van der Waals surface area contributed by atoms with E-state index in [9.17, 15) is 4.79 Å². The lowest BCUT2D eigenvalue weighted by Crippen LogP contribution is -2.53. The number of nitrogens with zero attached hydrogens (tertiary/aromatic N) is 5. The van der Waals surface area contributed by atoms with E-state index in [1.165, 1.54) is 0 Å². The predicted octanol–water partition coefficient (Wildman–Crippen LogP) is 5.04. The Morgan fingerprint density at radius 1 is 1.03 bits per heavy atom. The number of nitrogens with one attached hydrogen (secondary N) is 1. The molecule has 0 radical (unpaired) electrons. The third-order valence-corrected chi connectivity index (χ3v) is 6.86. The second-order valence-electron chi connectivity index (χ2n) is 10.3. The molecule has 176 valence electrons. The molecule has 2 aromatic carbocycles. The van der Waals surface area contributed by atoms with Crippen molar-refractivity contribution in [3.63, 3.8) is 0 Å². The van der Waals surface area contributed by atoms with Gasteiger partial charge in [-0.3, -0.25) is 0 Å². The van der Waals surface area contributed by atoms with Gasteiger partial charge in [-0.25, -0.2) is 9.89 Å². The number of aromatic amines is 1. The number of amides is 1. The molecule has 9 heteroatoms. The van der Waals surface area contributed by atoms with E-state index in [-0.39, 0.29) is 24.2 Å². The average Bonchev–Trinajstić information content (AvgIpc) is 3.42. The van der Waals surface area contributed by atoms with Gasteiger partial charge in [-0.05, 0) is 87.2 Å². The number of aromatic nitrogens is 4. The fourth-order valence-electron chi connectivity index (χ4n) is 5.58. The predicted molar refractivity (Wildman–Crippen MR) is 126 cm³/mol. The van der Waals surface area contributed by atoms with Crippen molar-refractivity contribution in [3.05, 3.63) is 42.5 Å². The molecular formula is C25H28N6O3. The van der Waals surface area contributed by atoms with E-state index in [0.717, 1.165) is 54.1 Å². The fraction of sp³-hybridized carbons (Fsp3) is 0.440. The van der Waals surface area contributed by atoms with Crippen LogP contribution in [-0.2, 0) is 4.74 Å². The minimum Gasteiger partial charge on any atom is -0.453 e. The molecule has 0 spiro atoms. The lowest BCUT2D eigenvalue weighted by atomic mass is 9.94. The summed E-state index contributed by atoms with van der Waals surface area (Å²) < 4.78 is 12.0. The molecular weight excluding hydrogens is 432 g/mol. The van der Waals surface area contributed by atoms with Gasteiger partial charge in [0, 0.05) is 23.7 Å². The van der Waals surface area contributed by atoms with Gasteiger partial charge in [-0.15, -0.1) is 5.10 Å². The highest BCUT2D eigenvalue weighted by molar-refractivity contribution is 5.81. The minimum absolute atomic E-state index is 0.177. The van der Waals surface area contributed by atoms with E-state index in [1.54, 1.807) is 0 Å². The van der Waals surface area contributed by atoms with Gasteiger partial charge in [0.05, 0.1) is 11.4 Å². The molecule has 3 aromatic rings. The highest BCUT2D eigenvalue weighted by Crippen LogP contribution is 2.51. The van der Waals surface area contributed by atoms with Crippen molar-refractivity contribution >= 4 is 17.5 Å². The number of anilines is 2. The Hall–Kier alpha value is -3.62. The SMILES string of the molecule is CC(C)(C)OC(=O)N1C2CCC1CC(N1c3ccccc3Oc3cc(-c4nnn[nH]4)ccc31)C2. The first-order chi connectivity index (χ1) is 16.4. The van der Waals surface area contributed by atoms with Crippen LogP contribution < -0.4 is 9.64 Å². The highest BCUT2D eigenvalue weighted by atomic mass is 16.6. The molecule has 1 N–H and O–H groups in total. The Balaban J connectivity index is 1.33. The largest absolute Gasteiger partial charge is 0.453 e. The van der Waals surface area contributed by atoms with E-state index in [0.29, 0.717) is 5.82 Å². The molecule has 1 aromatic heterocycles. The Kier molecular flexibility index (Phi) is 4.75. The summed E-state index contributed by atoms with van der Waals surface area (Å²) in [5.41, 5.74) is 2.44. The summed E-state index contributed by atoms with van der Waals surface area (Å²) in [6.45, 7) is 5.76. The van der Waals surface area contributed by atoms with E-state index in [2.05, 4.69) is 37.7 Å². The van der Waals surface area contributed by atoms with Gasteiger partial charge >= 0.3 is 6.09 Å². The van der Waals surface area contributed by atoms with Crippen LogP contribution in [0.3, 0.4) is 0 Å². The maximum absolute atomic E-state index is 13.0. The molecule has 3 aliphatic rings. The molecule has 2 bridgehead atoms. The topological polar surface area (TPSA) is 96.5 Å². The summed E-state index contributed by atoms with van der Waals surface area (Å²) in [6, 6.07) is 14.8. The summed E-state index contributed by atoms with van der Waals surface area (Å²) in [5.74, 6) is 2.19. The lowest BCUT2D eigenvalue weighted by molar-refractivity contribution is 0.00613. The van der Waals surface area contributed by atoms with Crippen molar-refractivity contribution in [3.8, 4) is 22.9 Å². The third kappa shape index (κ3) is 3.55. The minimum atomic E-state index is -0.494. The van der Waals surface area contributed by atoms with Crippen LogP contribution in [0.4, 0.5) is 16.2 Å². The number of ether oxygens (including phenoxy) is 2. The van der Waals surface area contributed by atoms with Crippen LogP contribution in [0.5, 0.6) is 11.5 Å². The number of para-hydroxylation sites is 2. The van der Waals surface area contributed by atoms with Gasteiger partial charge in [0.15, 0.2) is 17.3 Å². The van der Waals surface area contributed by atoms with Crippen LogP contribution in [-0.4, -0.2) is 55.3 Å². The van der Waals surface area contributed by atoms with Crippen molar-refractivity contribution in [1.29, 1.82) is 0 Å². The van der Waals surface area contributed by atoms with E-state index >= 15 is 0 Å². The Bertz CT molecular complexity index is 1210. The molecule has 2 saturated heterocycles. The maximum atomic E-state index is 13.0. The number of carbonyl (C=O) groups excluding carboxylic acids is 1. The van der Waals surface area contributed by atoms with Crippen LogP contribution in [0.15, 0.2) is 42.5 Å². The summed E-state index contributed by atoms with van der Waals surface area (Å²) in [6.07, 6.45) is 3.61. The molecule has 4 heterocycles. The van der Waals surface area contributed by atoms with Crippen LogP contribution in [0, 0.1) is 0 Å². The van der Waals surface area contributed by atoms with Crippen LogP contribution in [0.25, 0.3) is 11.4 Å².